The van der Waals surface area contributed by atoms with E-state index in [4.69, 9.17) is 5.26 Å². The van der Waals surface area contributed by atoms with Gasteiger partial charge in [0.15, 0.2) is 0 Å². The second-order valence-corrected chi connectivity index (χ2v) is 2.61. The van der Waals surface area contributed by atoms with Crippen LogP contribution in [0.1, 0.15) is 17.7 Å². The van der Waals surface area contributed by atoms with Crippen LogP contribution in [-0.4, -0.2) is 9.78 Å². The lowest BCUT2D eigenvalue weighted by Crippen LogP contribution is -1.86. The highest BCUT2D eigenvalue weighted by Crippen LogP contribution is 2.06. The van der Waals surface area contributed by atoms with Crippen LogP contribution in [0, 0.1) is 18.3 Å². The molecule has 0 aliphatic carbocycles. The van der Waals surface area contributed by atoms with Crippen molar-refractivity contribution in [3.05, 3.63) is 23.5 Å². The van der Waals surface area contributed by atoms with Crippen LogP contribution in [0.3, 0.4) is 0 Å². The van der Waals surface area contributed by atoms with E-state index in [9.17, 15) is 0 Å². The van der Waals surface area contributed by atoms with Crippen LogP contribution in [0.2, 0.25) is 0 Å². The number of allylic oxidation sites excluding steroid dienone is 1. The van der Waals surface area contributed by atoms with Gasteiger partial charge in [-0.3, -0.25) is 4.68 Å². The Kier molecular flexibility index (Phi) is 2.65. The third kappa shape index (κ3) is 1.96. The molecule has 0 spiro atoms. The van der Waals surface area contributed by atoms with Crippen molar-refractivity contribution in [2.24, 2.45) is 7.05 Å². The summed E-state index contributed by atoms with van der Waals surface area (Å²) in [4.78, 5) is 0. The van der Waals surface area contributed by atoms with E-state index in [1.54, 1.807) is 4.68 Å². The first-order valence-corrected chi connectivity index (χ1v) is 3.78. The lowest BCUT2D eigenvalue weighted by atomic mass is 10.2. The molecule has 0 saturated heterocycles. The zero-order valence-corrected chi connectivity index (χ0v) is 7.28. The van der Waals surface area contributed by atoms with E-state index in [2.05, 4.69) is 11.2 Å². The van der Waals surface area contributed by atoms with Gasteiger partial charge in [0.2, 0.25) is 0 Å². The molecule has 1 aromatic rings. The van der Waals surface area contributed by atoms with Gasteiger partial charge in [-0.2, -0.15) is 10.4 Å². The van der Waals surface area contributed by atoms with Crippen molar-refractivity contribution < 1.29 is 0 Å². The second-order valence-electron chi connectivity index (χ2n) is 2.61. The summed E-state index contributed by atoms with van der Waals surface area (Å²) in [6.45, 7) is 1.95. The van der Waals surface area contributed by atoms with E-state index in [1.807, 2.05) is 32.3 Å². The maximum Gasteiger partial charge on any atom is 0.0665 e. The van der Waals surface area contributed by atoms with Gasteiger partial charge in [-0.25, -0.2) is 0 Å². The zero-order chi connectivity index (χ0) is 8.97. The molecule has 0 radical (unpaired) electrons. The topological polar surface area (TPSA) is 41.6 Å². The molecule has 0 aliphatic heterocycles. The number of hydrogen-bond acceptors (Lipinski definition) is 2. The average molecular weight is 161 g/mol. The fourth-order valence-electron chi connectivity index (χ4n) is 1.02. The van der Waals surface area contributed by atoms with Crippen LogP contribution < -0.4 is 0 Å². The summed E-state index contributed by atoms with van der Waals surface area (Å²) < 4.78 is 1.77. The van der Waals surface area contributed by atoms with Crippen LogP contribution in [0.15, 0.2) is 12.3 Å². The smallest absolute Gasteiger partial charge is 0.0665 e. The molecule has 62 valence electrons. The Hall–Kier alpha value is -1.56. The maximum atomic E-state index is 8.30. The predicted molar refractivity (Wildman–Crippen MR) is 47.2 cm³/mol. The minimum absolute atomic E-state index is 0.453. The Morgan fingerprint density at radius 1 is 1.75 bits per heavy atom. The lowest BCUT2D eigenvalue weighted by Gasteiger charge is -1.83. The molecule has 3 nitrogen and oxygen atoms in total. The number of hydrogen-bond donors (Lipinski definition) is 0. The van der Waals surface area contributed by atoms with Gasteiger partial charge in [-0.15, -0.1) is 0 Å². The van der Waals surface area contributed by atoms with Crippen LogP contribution in [0.5, 0.6) is 0 Å². The van der Waals surface area contributed by atoms with Crippen LogP contribution in [0.4, 0.5) is 0 Å². The molecule has 1 rings (SSSR count). The predicted octanol–water partition coefficient (Wildman–Crippen LogP) is 1.66. The van der Waals surface area contributed by atoms with E-state index in [0.29, 0.717) is 6.42 Å². The standard InChI is InChI=1S/C9H11N3/c1-8-9(5-3-4-6-10)7-12(2)11-8/h3,5,7H,4H2,1-2H3. The van der Waals surface area contributed by atoms with Gasteiger partial charge in [0.25, 0.3) is 0 Å². The van der Waals surface area contributed by atoms with Gasteiger partial charge in [0.1, 0.15) is 0 Å². The van der Waals surface area contributed by atoms with Gasteiger partial charge in [-0.05, 0) is 6.92 Å². The molecule has 0 atom stereocenters. The highest BCUT2D eigenvalue weighted by atomic mass is 15.2. The summed E-state index contributed by atoms with van der Waals surface area (Å²) in [7, 11) is 1.88. The summed E-state index contributed by atoms with van der Waals surface area (Å²) in [5.74, 6) is 0. The minimum atomic E-state index is 0.453. The van der Waals surface area contributed by atoms with E-state index < -0.39 is 0 Å². The Morgan fingerprint density at radius 3 is 3.00 bits per heavy atom. The normalized spacial score (nSPS) is 10.4. The Bertz CT molecular complexity index is 328. The molecule has 0 aliphatic rings. The third-order valence-corrected chi connectivity index (χ3v) is 1.56. The van der Waals surface area contributed by atoms with E-state index in [0.717, 1.165) is 11.3 Å². The van der Waals surface area contributed by atoms with Crippen molar-refractivity contribution in [2.45, 2.75) is 13.3 Å². The quantitative estimate of drug-likeness (QED) is 0.661. The molecule has 1 aromatic heterocycles. The number of nitriles is 1. The molecule has 1 heterocycles. The van der Waals surface area contributed by atoms with Crippen LogP contribution >= 0.6 is 0 Å². The molecule has 0 bridgehead atoms. The monoisotopic (exact) mass is 161 g/mol. The van der Waals surface area contributed by atoms with Crippen molar-refractivity contribution in [1.82, 2.24) is 9.78 Å². The van der Waals surface area contributed by atoms with E-state index in [-0.39, 0.29) is 0 Å². The zero-order valence-electron chi connectivity index (χ0n) is 7.28. The first-order valence-electron chi connectivity index (χ1n) is 3.78. The summed E-state index contributed by atoms with van der Waals surface area (Å²) in [5, 5.41) is 12.5. The molecule has 0 aromatic carbocycles. The fourth-order valence-corrected chi connectivity index (χ4v) is 1.02. The van der Waals surface area contributed by atoms with Crippen molar-refractivity contribution in [3.8, 4) is 6.07 Å². The molecule has 0 N–H and O–H groups in total. The maximum absolute atomic E-state index is 8.30. The molecule has 0 fully saturated rings. The molecular weight excluding hydrogens is 150 g/mol. The molecular formula is C9H11N3. The summed E-state index contributed by atoms with van der Waals surface area (Å²) >= 11 is 0. The van der Waals surface area contributed by atoms with Gasteiger partial charge < -0.3 is 0 Å². The van der Waals surface area contributed by atoms with Gasteiger partial charge in [0, 0.05) is 18.8 Å². The van der Waals surface area contributed by atoms with E-state index in [1.165, 1.54) is 0 Å². The number of aromatic nitrogens is 2. The van der Waals surface area contributed by atoms with Crippen molar-refractivity contribution >= 4 is 6.08 Å². The molecule has 0 amide bonds. The Morgan fingerprint density at radius 2 is 2.50 bits per heavy atom. The van der Waals surface area contributed by atoms with Crippen molar-refractivity contribution in [2.75, 3.05) is 0 Å². The minimum Gasteiger partial charge on any atom is -0.275 e. The highest BCUT2D eigenvalue weighted by Gasteiger charge is 1.96. The fraction of sp³-hybridized carbons (Fsp3) is 0.333. The SMILES string of the molecule is Cc1nn(C)cc1C=CCC#N. The first kappa shape index (κ1) is 8.54. The van der Waals surface area contributed by atoms with Crippen LogP contribution in [0.25, 0.3) is 6.08 Å². The molecule has 3 heteroatoms. The number of rotatable bonds is 2. The Labute approximate surface area is 71.9 Å². The summed E-state index contributed by atoms with van der Waals surface area (Å²) in [6, 6.07) is 2.05. The third-order valence-electron chi connectivity index (χ3n) is 1.56. The number of aryl methyl sites for hydroxylation is 2. The van der Waals surface area contributed by atoms with Gasteiger partial charge in [0.05, 0.1) is 18.2 Å². The summed E-state index contributed by atoms with van der Waals surface area (Å²) in [6.07, 6.45) is 6.15. The average Bonchev–Trinajstić information content (AvgIpc) is 2.31. The van der Waals surface area contributed by atoms with Gasteiger partial charge in [-0.1, -0.05) is 12.2 Å². The van der Waals surface area contributed by atoms with Gasteiger partial charge >= 0.3 is 0 Å². The highest BCUT2D eigenvalue weighted by molar-refractivity contribution is 5.50. The van der Waals surface area contributed by atoms with E-state index >= 15 is 0 Å². The molecule has 0 saturated carbocycles. The largest absolute Gasteiger partial charge is 0.275 e. The molecule has 0 unspecified atom stereocenters. The second kappa shape index (κ2) is 3.72. The lowest BCUT2D eigenvalue weighted by molar-refractivity contribution is 0.756. The first-order chi connectivity index (χ1) is 5.74. The number of nitrogens with zero attached hydrogens (tertiary/aromatic N) is 3. The van der Waals surface area contributed by atoms with Crippen molar-refractivity contribution in [3.63, 3.8) is 0 Å². The van der Waals surface area contributed by atoms with Crippen molar-refractivity contribution in [1.29, 1.82) is 5.26 Å². The molecule has 12 heavy (non-hydrogen) atoms. The Balaban J connectivity index is 2.76. The summed E-state index contributed by atoms with van der Waals surface area (Å²) in [5.41, 5.74) is 2.07. The van der Waals surface area contributed by atoms with Crippen LogP contribution in [-0.2, 0) is 7.05 Å².